The highest BCUT2D eigenvalue weighted by Gasteiger charge is 2.01. The van der Waals surface area contributed by atoms with E-state index in [0.29, 0.717) is 38.8 Å². The molecule has 0 fully saturated rings. The summed E-state index contributed by atoms with van der Waals surface area (Å²) in [5.41, 5.74) is 10.2. The van der Waals surface area contributed by atoms with Gasteiger partial charge >= 0.3 is 0 Å². The summed E-state index contributed by atoms with van der Waals surface area (Å²) in [5, 5.41) is 0. The molecule has 8 nitrogen and oxygen atoms in total. The fraction of sp³-hybridized carbons (Fsp3) is 1.00. The van der Waals surface area contributed by atoms with Crippen LogP contribution in [-0.4, -0.2) is 50.5 Å². The highest BCUT2D eigenvalue weighted by Crippen LogP contribution is 1.91. The van der Waals surface area contributed by atoms with Gasteiger partial charge in [-0.05, 0) is 38.8 Å². The topological polar surface area (TPSA) is 161 Å². The van der Waals surface area contributed by atoms with Crippen LogP contribution in [0.5, 0.6) is 0 Å². The predicted molar refractivity (Wildman–Crippen MR) is 69.4 cm³/mol. The summed E-state index contributed by atoms with van der Waals surface area (Å²) < 4.78 is 56.4. The first-order valence-electron chi connectivity index (χ1n) is 5.43. The molecule has 0 aromatic rings. The van der Waals surface area contributed by atoms with E-state index in [2.05, 4.69) is 0 Å². The van der Waals surface area contributed by atoms with Gasteiger partial charge in [-0.25, -0.2) is 0 Å². The van der Waals surface area contributed by atoms with Crippen molar-refractivity contribution < 1.29 is 25.9 Å². The maximum atomic E-state index is 10.0. The Morgan fingerprint density at radius 2 is 0.944 bits per heavy atom. The SMILES string of the molecule is NCCCCS(=O)(=O)O.NCCCCS(=O)(=O)O. The molecule has 0 aromatic heterocycles. The Morgan fingerprint density at radius 3 is 1.11 bits per heavy atom. The predicted octanol–water partition coefficient (Wildman–Crippen LogP) is -0.774. The summed E-state index contributed by atoms with van der Waals surface area (Å²) in [7, 11) is -7.50. The van der Waals surface area contributed by atoms with E-state index >= 15 is 0 Å². The fourth-order valence-corrected chi connectivity index (χ4v) is 2.00. The first-order valence-corrected chi connectivity index (χ1v) is 8.64. The summed E-state index contributed by atoms with van der Waals surface area (Å²) in [6.45, 7) is 0.936. The van der Waals surface area contributed by atoms with E-state index in [1.807, 2.05) is 0 Å². The van der Waals surface area contributed by atoms with Gasteiger partial charge in [-0.1, -0.05) is 0 Å². The molecule has 0 spiro atoms. The van der Waals surface area contributed by atoms with Crippen molar-refractivity contribution in [3.8, 4) is 0 Å². The van der Waals surface area contributed by atoms with Gasteiger partial charge < -0.3 is 11.5 Å². The maximum Gasteiger partial charge on any atom is 0.264 e. The Balaban J connectivity index is 0. The average Bonchev–Trinajstić information content (AvgIpc) is 2.16. The third kappa shape index (κ3) is 24.8. The summed E-state index contributed by atoms with van der Waals surface area (Å²) >= 11 is 0. The van der Waals surface area contributed by atoms with Crippen molar-refractivity contribution in [1.82, 2.24) is 0 Å². The van der Waals surface area contributed by atoms with Gasteiger partial charge in [0.25, 0.3) is 20.2 Å². The van der Waals surface area contributed by atoms with E-state index in [1.54, 1.807) is 0 Å². The summed E-state index contributed by atoms with van der Waals surface area (Å²) in [5.74, 6) is -0.353. The second kappa shape index (κ2) is 10.6. The van der Waals surface area contributed by atoms with E-state index < -0.39 is 20.2 Å². The first-order chi connectivity index (χ1) is 8.12. The van der Waals surface area contributed by atoms with Crippen LogP contribution in [0.4, 0.5) is 0 Å². The lowest BCUT2D eigenvalue weighted by Gasteiger charge is -1.93. The second-order valence-corrected chi connectivity index (χ2v) is 6.71. The Kier molecular flexibility index (Phi) is 11.9. The highest BCUT2D eigenvalue weighted by atomic mass is 32.2. The van der Waals surface area contributed by atoms with Gasteiger partial charge in [-0.2, -0.15) is 16.8 Å². The van der Waals surface area contributed by atoms with Crippen LogP contribution in [0.25, 0.3) is 0 Å². The largest absolute Gasteiger partial charge is 0.330 e. The monoisotopic (exact) mass is 306 g/mol. The summed E-state index contributed by atoms with van der Waals surface area (Å²) in [4.78, 5) is 0. The van der Waals surface area contributed by atoms with E-state index in [1.165, 1.54) is 0 Å². The van der Waals surface area contributed by atoms with Crippen molar-refractivity contribution in [1.29, 1.82) is 0 Å². The van der Waals surface area contributed by atoms with Crippen molar-refractivity contribution in [2.45, 2.75) is 25.7 Å². The van der Waals surface area contributed by atoms with Gasteiger partial charge in [-0.3, -0.25) is 9.11 Å². The number of unbranched alkanes of at least 4 members (excludes halogenated alkanes) is 2. The normalized spacial score (nSPS) is 11.8. The molecule has 10 heteroatoms. The lowest BCUT2D eigenvalue weighted by atomic mass is 10.3. The second-order valence-electron chi connectivity index (χ2n) is 3.56. The minimum atomic E-state index is -3.75. The van der Waals surface area contributed by atoms with Crippen LogP contribution in [0, 0.1) is 0 Å². The molecule has 0 rings (SSSR count). The standard InChI is InChI=1S/2C4H11NO3S/c2*5-3-1-2-4-9(6,7)8/h2*1-5H2,(H,6,7,8). The van der Waals surface area contributed by atoms with Crippen LogP contribution in [-0.2, 0) is 20.2 Å². The van der Waals surface area contributed by atoms with Crippen LogP contribution >= 0.6 is 0 Å². The van der Waals surface area contributed by atoms with E-state index in [9.17, 15) is 16.8 Å². The molecule has 0 aliphatic rings. The Labute approximate surface area is 108 Å². The van der Waals surface area contributed by atoms with Crippen molar-refractivity contribution in [2.24, 2.45) is 11.5 Å². The lowest BCUT2D eigenvalue weighted by molar-refractivity contribution is 0.478. The molecule has 0 amide bonds. The molecular weight excluding hydrogens is 284 g/mol. The van der Waals surface area contributed by atoms with Crippen molar-refractivity contribution in [3.05, 3.63) is 0 Å². The van der Waals surface area contributed by atoms with Gasteiger partial charge in [0.15, 0.2) is 0 Å². The number of hydrogen-bond acceptors (Lipinski definition) is 6. The number of rotatable bonds is 8. The molecule has 0 saturated heterocycles. The van der Waals surface area contributed by atoms with Crippen LogP contribution in [0.2, 0.25) is 0 Å². The zero-order chi connectivity index (χ0) is 14.7. The van der Waals surface area contributed by atoms with Crippen molar-refractivity contribution in [3.63, 3.8) is 0 Å². The summed E-state index contributed by atoms with van der Waals surface area (Å²) in [6, 6.07) is 0. The zero-order valence-corrected chi connectivity index (χ0v) is 11.8. The smallest absolute Gasteiger partial charge is 0.264 e. The zero-order valence-electron chi connectivity index (χ0n) is 10.2. The minimum absolute atomic E-state index is 0.176. The molecule has 0 aromatic carbocycles. The van der Waals surface area contributed by atoms with Crippen LogP contribution in [0.15, 0.2) is 0 Å². The first kappa shape index (κ1) is 20.1. The van der Waals surface area contributed by atoms with Crippen LogP contribution < -0.4 is 11.5 Å². The van der Waals surface area contributed by atoms with E-state index in [0.717, 1.165) is 0 Å². The van der Waals surface area contributed by atoms with Gasteiger partial charge in [-0.15, -0.1) is 0 Å². The Bertz CT molecular complexity index is 340. The van der Waals surface area contributed by atoms with Crippen LogP contribution in [0.3, 0.4) is 0 Å². The molecule has 112 valence electrons. The molecule has 6 N–H and O–H groups in total. The molecule has 0 aliphatic carbocycles. The lowest BCUT2D eigenvalue weighted by Crippen LogP contribution is -2.06. The van der Waals surface area contributed by atoms with Crippen molar-refractivity contribution >= 4 is 20.2 Å². The van der Waals surface area contributed by atoms with Crippen molar-refractivity contribution in [2.75, 3.05) is 24.6 Å². The minimum Gasteiger partial charge on any atom is -0.330 e. The van der Waals surface area contributed by atoms with Gasteiger partial charge in [0.2, 0.25) is 0 Å². The molecule has 18 heavy (non-hydrogen) atoms. The van der Waals surface area contributed by atoms with Gasteiger partial charge in [0, 0.05) is 0 Å². The quantitative estimate of drug-likeness (QED) is 0.335. The Morgan fingerprint density at radius 1 is 0.667 bits per heavy atom. The number of hydrogen-bond donors (Lipinski definition) is 4. The van der Waals surface area contributed by atoms with Gasteiger partial charge in [0.05, 0.1) is 11.5 Å². The number of nitrogens with two attached hydrogens (primary N) is 2. The molecule has 0 bridgehead atoms. The fourth-order valence-electron chi connectivity index (χ4n) is 0.858. The maximum absolute atomic E-state index is 10.0. The molecule has 0 unspecified atom stereocenters. The molecule has 0 heterocycles. The molecular formula is C8H22N2O6S2. The molecule has 0 atom stereocenters. The average molecular weight is 306 g/mol. The molecule has 0 radical (unpaired) electrons. The Hall–Kier alpha value is -0.260. The third-order valence-corrected chi connectivity index (χ3v) is 3.32. The van der Waals surface area contributed by atoms with E-state index in [-0.39, 0.29) is 11.5 Å². The highest BCUT2D eigenvalue weighted by molar-refractivity contribution is 7.86. The van der Waals surface area contributed by atoms with Gasteiger partial charge in [0.1, 0.15) is 0 Å². The molecule has 0 saturated carbocycles. The third-order valence-electron chi connectivity index (χ3n) is 1.71. The summed E-state index contributed by atoms with van der Waals surface area (Å²) in [6.07, 6.45) is 2.16. The molecule has 0 aliphatic heterocycles. The van der Waals surface area contributed by atoms with E-state index in [4.69, 9.17) is 20.6 Å². The van der Waals surface area contributed by atoms with Crippen LogP contribution in [0.1, 0.15) is 25.7 Å².